The Kier molecular flexibility index (Phi) is 10.5. The minimum absolute atomic E-state index is 0.0654. The van der Waals surface area contributed by atoms with Crippen LogP contribution in [0, 0.1) is 64.1 Å². The van der Waals surface area contributed by atoms with E-state index < -0.39 is 87.2 Å². The summed E-state index contributed by atoms with van der Waals surface area (Å²) in [6.45, 7) is 0.843. The van der Waals surface area contributed by atoms with E-state index in [1.54, 1.807) is 6.07 Å². The van der Waals surface area contributed by atoms with Gasteiger partial charge in [-0.15, -0.1) is 0 Å². The van der Waals surface area contributed by atoms with E-state index in [0.29, 0.717) is 18.1 Å². The van der Waals surface area contributed by atoms with Gasteiger partial charge in [0.15, 0.2) is 5.75 Å². The summed E-state index contributed by atoms with van der Waals surface area (Å²) in [5.74, 6) is -18.9. The van der Waals surface area contributed by atoms with Gasteiger partial charge in [0.2, 0.25) is 29.1 Å². The molecule has 1 aliphatic rings. The van der Waals surface area contributed by atoms with Crippen molar-refractivity contribution >= 4 is 0 Å². The zero-order valence-electron chi connectivity index (χ0n) is 25.2. The Balaban J connectivity index is 1.33. The van der Waals surface area contributed by atoms with Crippen molar-refractivity contribution in [3.8, 4) is 28.0 Å². The molecule has 0 spiro atoms. The normalized spacial score (nSPS) is 16.5. The lowest BCUT2D eigenvalue weighted by atomic mass is 9.77. The molecule has 1 nitrogen and oxygen atoms in total. The molecule has 1 fully saturated rings. The summed E-state index contributed by atoms with van der Waals surface area (Å²) in [5.41, 5.74) is -1.85. The van der Waals surface area contributed by atoms with Gasteiger partial charge in [0.05, 0.1) is 11.1 Å². The molecule has 1 aliphatic carbocycles. The molecule has 0 bridgehead atoms. The molecular weight excluding hydrogens is 638 g/mol. The molecule has 0 aliphatic heterocycles. The highest BCUT2D eigenvalue weighted by Gasteiger charge is 2.28. The summed E-state index contributed by atoms with van der Waals surface area (Å²) in [7, 11) is 0. The van der Waals surface area contributed by atoms with Crippen molar-refractivity contribution in [3.05, 3.63) is 112 Å². The first-order valence-corrected chi connectivity index (χ1v) is 15.3. The van der Waals surface area contributed by atoms with E-state index in [1.807, 2.05) is 0 Å². The fraction of sp³-hybridized carbons (Fsp3) is 0.333. The highest BCUT2D eigenvalue weighted by Crippen LogP contribution is 2.40. The summed E-state index contributed by atoms with van der Waals surface area (Å²) < 4.78 is 148. The lowest BCUT2D eigenvalue weighted by molar-refractivity contribution is 0.246. The minimum atomic E-state index is -2.45. The van der Waals surface area contributed by atoms with E-state index >= 15 is 13.2 Å². The highest BCUT2D eigenvalue weighted by molar-refractivity contribution is 5.72. The first-order valence-electron chi connectivity index (χ1n) is 15.3. The molecule has 0 unspecified atom stereocenters. The van der Waals surface area contributed by atoms with Gasteiger partial charge in [-0.3, -0.25) is 0 Å². The van der Waals surface area contributed by atoms with E-state index in [4.69, 9.17) is 0 Å². The molecule has 0 N–H and O–H groups in total. The smallest absolute Gasteiger partial charge is 0.207 e. The molecule has 4 aromatic rings. The lowest BCUT2D eigenvalue weighted by Crippen LogP contribution is -2.13. The van der Waals surface area contributed by atoms with Gasteiger partial charge in [0.25, 0.3) is 0 Å². The van der Waals surface area contributed by atoms with Crippen molar-refractivity contribution in [2.24, 2.45) is 5.92 Å². The van der Waals surface area contributed by atoms with Crippen molar-refractivity contribution in [1.82, 2.24) is 0 Å². The second kappa shape index (κ2) is 14.4. The third-order valence-electron chi connectivity index (χ3n) is 8.84. The van der Waals surface area contributed by atoms with Crippen molar-refractivity contribution in [2.75, 3.05) is 0 Å². The van der Waals surface area contributed by atoms with Crippen molar-refractivity contribution in [3.63, 3.8) is 0 Å². The third kappa shape index (κ3) is 7.13. The van der Waals surface area contributed by atoms with Crippen LogP contribution in [0.2, 0.25) is 0 Å². The molecule has 4 aromatic carbocycles. The van der Waals surface area contributed by atoms with E-state index in [1.165, 1.54) is 37.8 Å². The summed E-state index contributed by atoms with van der Waals surface area (Å²) in [4.78, 5) is 0. The number of hydrogen-bond acceptors (Lipinski definition) is 1. The zero-order chi connectivity index (χ0) is 34.0. The predicted octanol–water partition coefficient (Wildman–Crippen LogP) is 11.8. The molecule has 0 radical (unpaired) electrons. The molecule has 0 amide bonds. The fourth-order valence-electron chi connectivity index (χ4n) is 6.23. The zero-order valence-corrected chi connectivity index (χ0v) is 25.2. The van der Waals surface area contributed by atoms with Gasteiger partial charge >= 0.3 is 0 Å². The van der Waals surface area contributed by atoms with Crippen LogP contribution >= 0.6 is 0 Å². The van der Waals surface area contributed by atoms with Crippen LogP contribution in [0.5, 0.6) is 5.75 Å². The minimum Gasteiger partial charge on any atom is -0.482 e. The largest absolute Gasteiger partial charge is 0.482 e. The van der Waals surface area contributed by atoms with Crippen LogP contribution in [0.4, 0.5) is 43.9 Å². The van der Waals surface area contributed by atoms with Crippen LogP contribution in [-0.4, -0.2) is 0 Å². The molecule has 1 saturated carbocycles. The fourth-order valence-corrected chi connectivity index (χ4v) is 6.23. The summed E-state index contributed by atoms with van der Waals surface area (Å²) in [6, 6.07) is 7.23. The van der Waals surface area contributed by atoms with Crippen LogP contribution in [-0.2, 0) is 6.61 Å². The average Bonchev–Trinajstić information content (AvgIpc) is 3.04. The average molecular weight is 669 g/mol. The maximum atomic E-state index is 15.3. The number of hydrogen-bond donors (Lipinski definition) is 0. The predicted molar refractivity (Wildman–Crippen MR) is 157 cm³/mol. The van der Waals surface area contributed by atoms with Gasteiger partial charge in [-0.05, 0) is 84.5 Å². The Hall–Kier alpha value is -4.02. The number of halogens is 10. The Bertz CT molecular complexity index is 1700. The third-order valence-corrected chi connectivity index (χ3v) is 8.84. The van der Waals surface area contributed by atoms with E-state index in [2.05, 4.69) is 11.7 Å². The van der Waals surface area contributed by atoms with Crippen LogP contribution in [0.25, 0.3) is 22.3 Å². The first-order chi connectivity index (χ1) is 22.4. The van der Waals surface area contributed by atoms with Crippen molar-refractivity contribution in [2.45, 2.75) is 70.8 Å². The molecule has 0 atom stereocenters. The van der Waals surface area contributed by atoms with Crippen molar-refractivity contribution in [1.29, 1.82) is 0 Å². The van der Waals surface area contributed by atoms with Crippen molar-refractivity contribution < 1.29 is 48.6 Å². The summed E-state index contributed by atoms with van der Waals surface area (Å²) in [5, 5.41) is 0. The monoisotopic (exact) mass is 668 g/mol. The van der Waals surface area contributed by atoms with Gasteiger partial charge in [-0.25, -0.2) is 35.1 Å². The summed E-state index contributed by atoms with van der Waals surface area (Å²) in [6.07, 6.45) is 8.79. The van der Waals surface area contributed by atoms with Crippen LogP contribution in [0.3, 0.4) is 0 Å². The highest BCUT2D eigenvalue weighted by atomic mass is 19.2. The molecule has 250 valence electrons. The Morgan fingerprint density at radius 1 is 0.596 bits per heavy atom. The van der Waals surface area contributed by atoms with Gasteiger partial charge in [-0.1, -0.05) is 44.7 Å². The molecule has 0 saturated heterocycles. The number of unbranched alkanes of at least 4 members (excludes halogenated alkanes) is 2. The van der Waals surface area contributed by atoms with Crippen LogP contribution in [0.15, 0.2) is 42.5 Å². The van der Waals surface area contributed by atoms with E-state index in [-0.39, 0.29) is 17.0 Å². The molecule has 0 heterocycles. The first kappa shape index (κ1) is 34.3. The number of ether oxygens (including phenoxy) is 1. The van der Waals surface area contributed by atoms with Crippen LogP contribution in [0.1, 0.15) is 75.3 Å². The Labute approximate surface area is 265 Å². The SMILES string of the molecule is CCCCCC1CCC(c2ccc(-c3cc(F)c(-c4cc(F)c(COc5c(F)c(F)c(F)c(F)c5F)c(F)c4)c(F)c3)c(F)c2)CC1. The number of benzene rings is 4. The maximum Gasteiger partial charge on any atom is 0.207 e. The standard InChI is InChI=1S/C36H30F10O/c1-2-3-4-5-18-6-8-19(9-7-18)20-10-11-23(25(37)12-20)21-13-28(40)30(29(41)14-21)22-15-26(38)24(27(39)16-22)17-47-36-34(45)32(43)31(42)33(44)35(36)46/h10-16,18-19H,2-9,17H2,1H3. The molecule has 11 heteroatoms. The molecule has 5 rings (SSSR count). The van der Waals surface area contributed by atoms with Gasteiger partial charge in [0.1, 0.15) is 35.7 Å². The number of rotatable bonds is 10. The Morgan fingerprint density at radius 2 is 1.15 bits per heavy atom. The molecule has 47 heavy (non-hydrogen) atoms. The lowest BCUT2D eigenvalue weighted by Gasteiger charge is -2.29. The topological polar surface area (TPSA) is 9.23 Å². The van der Waals surface area contributed by atoms with Gasteiger partial charge in [0, 0.05) is 5.56 Å². The Morgan fingerprint density at radius 3 is 1.70 bits per heavy atom. The summed E-state index contributed by atoms with van der Waals surface area (Å²) >= 11 is 0. The second-order valence-corrected chi connectivity index (χ2v) is 11.9. The van der Waals surface area contributed by atoms with Gasteiger partial charge in [-0.2, -0.15) is 8.78 Å². The maximum absolute atomic E-state index is 15.3. The van der Waals surface area contributed by atoms with Gasteiger partial charge < -0.3 is 4.74 Å². The second-order valence-electron chi connectivity index (χ2n) is 11.9. The molecule has 0 aromatic heterocycles. The van der Waals surface area contributed by atoms with Crippen LogP contribution < -0.4 is 4.74 Å². The van der Waals surface area contributed by atoms with E-state index in [9.17, 15) is 30.7 Å². The van der Waals surface area contributed by atoms with E-state index in [0.717, 1.165) is 43.4 Å². The molecular formula is C36H30F10O. The quantitative estimate of drug-likeness (QED) is 0.0707.